The molecule has 0 unspecified atom stereocenters. The van der Waals surface area contributed by atoms with E-state index < -0.39 is 0 Å². The van der Waals surface area contributed by atoms with E-state index in [2.05, 4.69) is 20.9 Å². The third kappa shape index (κ3) is 6.51. The number of ether oxygens (including phenoxy) is 2. The standard InChI is InChI=1S/C30H34N4O4/c1-21-5-8-24(32-30(36)23-3-2-4-25(19-23)34-15-17-37-18-16-34)20-28(21)33-29(35)22-6-9-26(10-7-22)38-27-11-13-31-14-12-27/h2-10,19-20,27,31H,11-18H2,1H3,(H,32,36)(H,33,35). The second kappa shape index (κ2) is 12.1. The van der Waals surface area contributed by atoms with Gasteiger partial charge in [0.15, 0.2) is 0 Å². The van der Waals surface area contributed by atoms with Crippen LogP contribution in [-0.2, 0) is 4.74 Å². The van der Waals surface area contributed by atoms with Crippen molar-refractivity contribution in [3.8, 4) is 5.75 Å². The second-order valence-corrected chi connectivity index (χ2v) is 9.68. The van der Waals surface area contributed by atoms with Crippen molar-refractivity contribution >= 4 is 28.9 Å². The zero-order chi connectivity index (χ0) is 26.3. The van der Waals surface area contributed by atoms with Gasteiger partial charge in [-0.15, -0.1) is 0 Å². The van der Waals surface area contributed by atoms with Gasteiger partial charge in [0.2, 0.25) is 0 Å². The number of rotatable bonds is 7. The number of carbonyl (C=O) groups excluding carboxylic acids is 2. The number of aryl methyl sites for hydroxylation is 1. The molecule has 8 nitrogen and oxygen atoms in total. The van der Waals surface area contributed by atoms with Crippen molar-refractivity contribution in [2.75, 3.05) is 54.9 Å². The maximum Gasteiger partial charge on any atom is 0.255 e. The smallest absolute Gasteiger partial charge is 0.255 e. The molecule has 3 aromatic carbocycles. The zero-order valence-corrected chi connectivity index (χ0v) is 21.7. The second-order valence-electron chi connectivity index (χ2n) is 9.68. The lowest BCUT2D eigenvalue weighted by molar-refractivity contribution is 0.101. The minimum atomic E-state index is -0.219. The molecular weight excluding hydrogens is 480 g/mol. The molecule has 3 N–H and O–H groups in total. The van der Waals surface area contributed by atoms with Crippen molar-refractivity contribution in [1.82, 2.24) is 5.32 Å². The van der Waals surface area contributed by atoms with Crippen LogP contribution in [0.1, 0.15) is 39.1 Å². The van der Waals surface area contributed by atoms with Gasteiger partial charge in [-0.05, 0) is 93.0 Å². The minimum absolute atomic E-state index is 0.203. The Hall–Kier alpha value is -3.88. The van der Waals surface area contributed by atoms with Gasteiger partial charge in [-0.1, -0.05) is 12.1 Å². The number of benzene rings is 3. The normalized spacial score (nSPS) is 16.1. The van der Waals surface area contributed by atoms with Gasteiger partial charge in [0.1, 0.15) is 11.9 Å². The summed E-state index contributed by atoms with van der Waals surface area (Å²) in [4.78, 5) is 28.2. The first kappa shape index (κ1) is 25.8. The van der Waals surface area contributed by atoms with Crippen LogP contribution in [-0.4, -0.2) is 57.3 Å². The molecule has 8 heteroatoms. The maximum absolute atomic E-state index is 13.0. The van der Waals surface area contributed by atoms with E-state index in [1.54, 1.807) is 24.3 Å². The number of nitrogens with zero attached hydrogens (tertiary/aromatic N) is 1. The van der Waals surface area contributed by atoms with Gasteiger partial charge in [-0.3, -0.25) is 9.59 Å². The van der Waals surface area contributed by atoms with Gasteiger partial charge < -0.3 is 30.3 Å². The first-order chi connectivity index (χ1) is 18.5. The lowest BCUT2D eigenvalue weighted by Crippen LogP contribution is -2.36. The Kier molecular flexibility index (Phi) is 8.21. The number of hydrogen-bond acceptors (Lipinski definition) is 6. The summed E-state index contributed by atoms with van der Waals surface area (Å²) in [7, 11) is 0. The molecular formula is C30H34N4O4. The van der Waals surface area contributed by atoms with Crippen LogP contribution in [0.3, 0.4) is 0 Å². The lowest BCUT2D eigenvalue weighted by Gasteiger charge is -2.29. The summed E-state index contributed by atoms with van der Waals surface area (Å²) in [5.74, 6) is 0.348. The van der Waals surface area contributed by atoms with Crippen LogP contribution in [0, 0.1) is 6.92 Å². The van der Waals surface area contributed by atoms with Crippen LogP contribution in [0.2, 0.25) is 0 Å². The number of amides is 2. The molecule has 2 saturated heterocycles. The van der Waals surface area contributed by atoms with Crippen molar-refractivity contribution in [1.29, 1.82) is 0 Å². The first-order valence-corrected chi connectivity index (χ1v) is 13.2. The van der Waals surface area contributed by atoms with Crippen molar-refractivity contribution < 1.29 is 19.1 Å². The van der Waals surface area contributed by atoms with E-state index in [0.717, 1.165) is 56.0 Å². The summed E-state index contributed by atoms with van der Waals surface area (Å²) in [5.41, 5.74) is 4.27. The van der Waals surface area contributed by atoms with E-state index in [9.17, 15) is 9.59 Å². The Morgan fingerprint density at radius 2 is 1.63 bits per heavy atom. The summed E-state index contributed by atoms with van der Waals surface area (Å²) in [5, 5.41) is 9.26. The molecule has 3 aromatic rings. The fourth-order valence-electron chi connectivity index (χ4n) is 4.69. The molecule has 38 heavy (non-hydrogen) atoms. The average molecular weight is 515 g/mol. The van der Waals surface area contributed by atoms with Crippen LogP contribution in [0.4, 0.5) is 17.1 Å². The highest BCUT2D eigenvalue weighted by molar-refractivity contribution is 6.07. The Bertz CT molecular complexity index is 1270. The number of hydrogen-bond donors (Lipinski definition) is 3. The molecule has 0 aliphatic carbocycles. The summed E-state index contributed by atoms with van der Waals surface area (Å²) in [6.45, 7) is 6.83. The SMILES string of the molecule is Cc1ccc(NC(=O)c2cccc(N3CCOCC3)c2)cc1NC(=O)c1ccc(OC2CCNCC2)cc1. The van der Waals surface area contributed by atoms with Crippen LogP contribution < -0.4 is 25.6 Å². The molecule has 2 fully saturated rings. The summed E-state index contributed by atoms with van der Waals surface area (Å²) in [6.07, 6.45) is 2.17. The van der Waals surface area contributed by atoms with Gasteiger partial charge in [-0.2, -0.15) is 0 Å². The van der Waals surface area contributed by atoms with E-state index >= 15 is 0 Å². The topological polar surface area (TPSA) is 91.9 Å². The van der Waals surface area contributed by atoms with Crippen LogP contribution >= 0.6 is 0 Å². The molecule has 0 bridgehead atoms. The van der Waals surface area contributed by atoms with Crippen molar-refractivity contribution in [3.05, 3.63) is 83.4 Å². The molecule has 0 spiro atoms. The summed E-state index contributed by atoms with van der Waals surface area (Å²) in [6, 6.07) is 20.3. The van der Waals surface area contributed by atoms with Crippen molar-refractivity contribution in [3.63, 3.8) is 0 Å². The molecule has 2 heterocycles. The Labute approximate surface area is 223 Å². The highest BCUT2D eigenvalue weighted by atomic mass is 16.5. The molecule has 2 aliphatic heterocycles. The maximum atomic E-state index is 13.0. The van der Waals surface area contributed by atoms with Crippen LogP contribution in [0.5, 0.6) is 5.75 Å². The molecule has 2 amide bonds. The predicted molar refractivity (Wildman–Crippen MR) is 150 cm³/mol. The monoisotopic (exact) mass is 514 g/mol. The van der Waals surface area contributed by atoms with Crippen LogP contribution in [0.15, 0.2) is 66.7 Å². The Morgan fingerprint density at radius 1 is 0.895 bits per heavy atom. The van der Waals surface area contributed by atoms with Crippen molar-refractivity contribution in [2.24, 2.45) is 0 Å². The molecule has 5 rings (SSSR count). The number of anilines is 3. The van der Waals surface area contributed by atoms with Gasteiger partial charge in [0, 0.05) is 41.3 Å². The van der Waals surface area contributed by atoms with E-state index in [-0.39, 0.29) is 17.9 Å². The Morgan fingerprint density at radius 3 is 2.39 bits per heavy atom. The van der Waals surface area contributed by atoms with E-state index in [4.69, 9.17) is 9.47 Å². The minimum Gasteiger partial charge on any atom is -0.490 e. The molecule has 198 valence electrons. The van der Waals surface area contributed by atoms with Crippen molar-refractivity contribution in [2.45, 2.75) is 25.9 Å². The average Bonchev–Trinajstić information content (AvgIpc) is 2.96. The first-order valence-electron chi connectivity index (χ1n) is 13.2. The highest BCUT2D eigenvalue weighted by Crippen LogP contribution is 2.24. The van der Waals surface area contributed by atoms with Crippen LogP contribution in [0.25, 0.3) is 0 Å². The van der Waals surface area contributed by atoms with E-state index in [1.807, 2.05) is 49.4 Å². The summed E-state index contributed by atoms with van der Waals surface area (Å²) >= 11 is 0. The largest absolute Gasteiger partial charge is 0.490 e. The molecule has 2 aliphatic rings. The zero-order valence-electron chi connectivity index (χ0n) is 21.7. The summed E-state index contributed by atoms with van der Waals surface area (Å²) < 4.78 is 11.5. The fourth-order valence-corrected chi connectivity index (χ4v) is 4.69. The number of nitrogens with one attached hydrogen (secondary N) is 3. The van der Waals surface area contributed by atoms with E-state index in [1.165, 1.54) is 0 Å². The number of carbonyl (C=O) groups is 2. The third-order valence-corrected chi connectivity index (χ3v) is 6.93. The van der Waals surface area contributed by atoms with Gasteiger partial charge in [-0.25, -0.2) is 0 Å². The van der Waals surface area contributed by atoms with Gasteiger partial charge >= 0.3 is 0 Å². The molecule has 0 radical (unpaired) electrons. The fraction of sp³-hybridized carbons (Fsp3) is 0.333. The molecule has 0 atom stereocenters. The molecule has 0 aromatic heterocycles. The Balaban J connectivity index is 1.22. The number of piperidine rings is 1. The predicted octanol–water partition coefficient (Wildman–Crippen LogP) is 4.47. The molecule has 0 saturated carbocycles. The van der Waals surface area contributed by atoms with Gasteiger partial charge in [0.25, 0.3) is 11.8 Å². The lowest BCUT2D eigenvalue weighted by atomic mass is 10.1. The third-order valence-electron chi connectivity index (χ3n) is 6.93. The van der Waals surface area contributed by atoms with Gasteiger partial charge in [0.05, 0.1) is 13.2 Å². The highest BCUT2D eigenvalue weighted by Gasteiger charge is 2.16. The quantitative estimate of drug-likeness (QED) is 0.431. The number of morpholine rings is 1. The van der Waals surface area contributed by atoms with E-state index in [0.29, 0.717) is 35.7 Å².